The molecule has 1 aliphatic heterocycles. The quantitative estimate of drug-likeness (QED) is 0.850. The van der Waals surface area contributed by atoms with E-state index >= 15 is 0 Å². The van der Waals surface area contributed by atoms with Crippen molar-refractivity contribution in [1.82, 2.24) is 10.2 Å². The lowest BCUT2D eigenvalue weighted by Crippen LogP contribution is -2.43. The van der Waals surface area contributed by atoms with Gasteiger partial charge in [-0.15, -0.1) is 0 Å². The predicted octanol–water partition coefficient (Wildman–Crippen LogP) is 3.34. The highest BCUT2D eigenvalue weighted by atomic mass is 16.2. The van der Waals surface area contributed by atoms with Crippen LogP contribution in [0.3, 0.4) is 0 Å². The van der Waals surface area contributed by atoms with E-state index in [0.717, 1.165) is 43.6 Å². The smallest absolute Gasteiger partial charge is 0.256 e. The van der Waals surface area contributed by atoms with Crippen molar-refractivity contribution in [2.45, 2.75) is 58.4 Å². The third kappa shape index (κ3) is 4.37. The average molecular weight is 357 g/mol. The number of carbonyl (C=O) groups excluding carboxylic acids is 2. The summed E-state index contributed by atoms with van der Waals surface area (Å²) in [6.45, 7) is 6.02. The van der Waals surface area contributed by atoms with Crippen molar-refractivity contribution in [2.75, 3.05) is 25.0 Å². The van der Waals surface area contributed by atoms with Gasteiger partial charge in [0, 0.05) is 24.8 Å². The van der Waals surface area contributed by atoms with Gasteiger partial charge in [-0.25, -0.2) is 0 Å². The van der Waals surface area contributed by atoms with Crippen molar-refractivity contribution in [3.8, 4) is 0 Å². The molecule has 1 saturated carbocycles. The number of rotatable bonds is 5. The van der Waals surface area contributed by atoms with Crippen molar-refractivity contribution < 1.29 is 9.59 Å². The number of nitrogens with zero attached hydrogens (tertiary/aromatic N) is 1. The lowest BCUT2D eigenvalue weighted by molar-refractivity contribution is -0.120. The summed E-state index contributed by atoms with van der Waals surface area (Å²) in [5.74, 6) is 0.619. The summed E-state index contributed by atoms with van der Waals surface area (Å²) in [6, 6.07) is 6.06. The number of amides is 2. The Morgan fingerprint density at radius 3 is 2.58 bits per heavy atom. The van der Waals surface area contributed by atoms with E-state index < -0.39 is 0 Å². The van der Waals surface area contributed by atoms with Gasteiger partial charge in [-0.3, -0.25) is 9.59 Å². The molecule has 2 unspecified atom stereocenters. The van der Waals surface area contributed by atoms with Crippen molar-refractivity contribution in [1.29, 1.82) is 0 Å². The Labute approximate surface area is 156 Å². The molecule has 2 amide bonds. The summed E-state index contributed by atoms with van der Waals surface area (Å²) in [5.41, 5.74) is 2.41. The first-order valence-electron chi connectivity index (χ1n) is 9.98. The molecule has 2 atom stereocenters. The molecule has 5 heteroatoms. The van der Waals surface area contributed by atoms with Crippen molar-refractivity contribution >= 4 is 17.5 Å². The Bertz CT molecular complexity index is 653. The van der Waals surface area contributed by atoms with Crippen LogP contribution >= 0.6 is 0 Å². The van der Waals surface area contributed by atoms with Crippen LogP contribution < -0.4 is 10.6 Å². The van der Waals surface area contributed by atoms with Gasteiger partial charge in [0.25, 0.3) is 5.91 Å². The molecule has 2 fully saturated rings. The summed E-state index contributed by atoms with van der Waals surface area (Å²) in [6.07, 6.45) is 6.84. The lowest BCUT2D eigenvalue weighted by Gasteiger charge is -2.29. The van der Waals surface area contributed by atoms with E-state index in [-0.39, 0.29) is 24.4 Å². The molecule has 0 bridgehead atoms. The molecule has 5 nitrogen and oxygen atoms in total. The maximum Gasteiger partial charge on any atom is 0.256 e. The fraction of sp³-hybridized carbons (Fsp3) is 0.619. The zero-order chi connectivity index (χ0) is 18.5. The second-order valence-corrected chi connectivity index (χ2v) is 7.79. The summed E-state index contributed by atoms with van der Waals surface area (Å²) >= 11 is 0. The Hall–Kier alpha value is -2.04. The Kier molecular flexibility index (Phi) is 6.17. The minimum absolute atomic E-state index is 0.00447. The highest BCUT2D eigenvalue weighted by Gasteiger charge is 2.25. The second-order valence-electron chi connectivity index (χ2n) is 7.79. The Morgan fingerprint density at radius 1 is 1.12 bits per heavy atom. The molecule has 0 spiro atoms. The van der Waals surface area contributed by atoms with Gasteiger partial charge in [0.15, 0.2) is 0 Å². The summed E-state index contributed by atoms with van der Waals surface area (Å²) in [5, 5.41) is 6.36. The average Bonchev–Trinajstić information content (AvgIpc) is 3.16. The first-order chi connectivity index (χ1) is 12.6. The Balaban J connectivity index is 1.63. The molecular weight excluding hydrogens is 326 g/mol. The monoisotopic (exact) mass is 357 g/mol. The van der Waals surface area contributed by atoms with Gasteiger partial charge in [-0.1, -0.05) is 31.9 Å². The predicted molar refractivity (Wildman–Crippen MR) is 104 cm³/mol. The van der Waals surface area contributed by atoms with Gasteiger partial charge in [0.2, 0.25) is 5.91 Å². The third-order valence-electron chi connectivity index (χ3n) is 5.78. The highest BCUT2D eigenvalue weighted by molar-refractivity contribution is 6.01. The number of aryl methyl sites for hydroxylation is 1. The number of anilines is 1. The number of hydrogen-bond acceptors (Lipinski definition) is 3. The minimum atomic E-state index is 0.00447. The Morgan fingerprint density at radius 2 is 1.85 bits per heavy atom. The zero-order valence-corrected chi connectivity index (χ0v) is 16.0. The molecule has 1 heterocycles. The molecule has 2 N–H and O–H groups in total. The zero-order valence-electron chi connectivity index (χ0n) is 16.0. The van der Waals surface area contributed by atoms with Crippen molar-refractivity contribution in [2.24, 2.45) is 5.92 Å². The molecule has 142 valence electrons. The van der Waals surface area contributed by atoms with E-state index in [2.05, 4.69) is 17.6 Å². The van der Waals surface area contributed by atoms with Gasteiger partial charge in [0.05, 0.1) is 12.1 Å². The first-order valence-corrected chi connectivity index (χ1v) is 9.98. The number of hydrogen-bond donors (Lipinski definition) is 2. The normalized spacial score (nSPS) is 22.9. The summed E-state index contributed by atoms with van der Waals surface area (Å²) in [4.78, 5) is 27.2. The second kappa shape index (κ2) is 8.56. The molecule has 1 saturated heterocycles. The number of carbonyl (C=O) groups is 2. The number of nitrogens with one attached hydrogen (secondary N) is 2. The minimum Gasteiger partial charge on any atom is -0.376 e. The van der Waals surface area contributed by atoms with Crippen LogP contribution in [0.15, 0.2) is 18.2 Å². The van der Waals surface area contributed by atoms with Crippen LogP contribution in [0.2, 0.25) is 0 Å². The van der Waals surface area contributed by atoms with Gasteiger partial charge in [-0.05, 0) is 50.2 Å². The van der Waals surface area contributed by atoms with E-state index in [1.165, 1.54) is 19.3 Å². The topological polar surface area (TPSA) is 61.4 Å². The van der Waals surface area contributed by atoms with Crippen LogP contribution in [0.5, 0.6) is 0 Å². The fourth-order valence-corrected chi connectivity index (χ4v) is 4.14. The molecule has 1 aliphatic carbocycles. The van der Waals surface area contributed by atoms with Crippen molar-refractivity contribution in [3.05, 3.63) is 29.3 Å². The van der Waals surface area contributed by atoms with Crippen LogP contribution in [0.1, 0.15) is 61.4 Å². The molecule has 0 aromatic heterocycles. The van der Waals surface area contributed by atoms with E-state index in [1.54, 1.807) is 0 Å². The molecule has 0 radical (unpaired) electrons. The SMILES string of the molecule is Cc1cccc(NCC(=O)NC2CCCCC2C)c1C(=O)N1CCCC1. The standard InChI is InChI=1S/C21H31N3O2/c1-15-8-3-4-10-17(15)23-19(25)14-22-18-11-7-9-16(2)20(18)21(26)24-12-5-6-13-24/h7,9,11,15,17,22H,3-6,8,10,12-14H2,1-2H3,(H,23,25). The molecule has 1 aromatic carbocycles. The van der Waals surface area contributed by atoms with E-state index in [9.17, 15) is 9.59 Å². The largest absolute Gasteiger partial charge is 0.376 e. The van der Waals surface area contributed by atoms with E-state index in [0.29, 0.717) is 11.5 Å². The fourth-order valence-electron chi connectivity index (χ4n) is 4.14. The van der Waals surface area contributed by atoms with Gasteiger partial charge < -0.3 is 15.5 Å². The first kappa shape index (κ1) is 18.7. The highest BCUT2D eigenvalue weighted by Crippen LogP contribution is 2.25. The number of benzene rings is 1. The van der Waals surface area contributed by atoms with E-state index in [1.807, 2.05) is 30.0 Å². The van der Waals surface area contributed by atoms with Crippen LogP contribution in [0.25, 0.3) is 0 Å². The van der Waals surface area contributed by atoms with Crippen LogP contribution in [-0.4, -0.2) is 42.4 Å². The molecule has 1 aromatic rings. The van der Waals surface area contributed by atoms with Crippen LogP contribution in [0, 0.1) is 12.8 Å². The summed E-state index contributed by atoms with van der Waals surface area (Å²) < 4.78 is 0. The number of likely N-dealkylation sites (tertiary alicyclic amines) is 1. The maximum atomic E-state index is 12.9. The van der Waals surface area contributed by atoms with Crippen LogP contribution in [-0.2, 0) is 4.79 Å². The molecule has 3 rings (SSSR count). The maximum absolute atomic E-state index is 12.9. The van der Waals surface area contributed by atoms with Crippen LogP contribution in [0.4, 0.5) is 5.69 Å². The van der Waals surface area contributed by atoms with Gasteiger partial charge in [-0.2, -0.15) is 0 Å². The van der Waals surface area contributed by atoms with Gasteiger partial charge in [0.1, 0.15) is 0 Å². The molecular formula is C21H31N3O2. The molecule has 26 heavy (non-hydrogen) atoms. The van der Waals surface area contributed by atoms with Crippen molar-refractivity contribution in [3.63, 3.8) is 0 Å². The van der Waals surface area contributed by atoms with Gasteiger partial charge >= 0.3 is 0 Å². The lowest BCUT2D eigenvalue weighted by atomic mass is 9.86. The summed E-state index contributed by atoms with van der Waals surface area (Å²) in [7, 11) is 0. The molecule has 2 aliphatic rings. The third-order valence-corrected chi connectivity index (χ3v) is 5.78. The van der Waals surface area contributed by atoms with E-state index in [4.69, 9.17) is 0 Å².